The molecule has 156 valence electrons. The van der Waals surface area contributed by atoms with Crippen molar-refractivity contribution in [2.45, 2.75) is 25.9 Å². The molecular formula is C25H28N2O3. The van der Waals surface area contributed by atoms with Crippen LogP contribution in [-0.4, -0.2) is 24.3 Å². The molecule has 0 radical (unpaired) electrons. The molecule has 3 aromatic rings. The van der Waals surface area contributed by atoms with Crippen LogP contribution in [0.1, 0.15) is 23.1 Å². The SMILES string of the molecule is O=C(NCCO)Nc1ccc(CCCc2ccccc2OCc2ccccc2)cc1. The van der Waals surface area contributed by atoms with Crippen LogP contribution in [0.4, 0.5) is 10.5 Å². The Hall–Kier alpha value is -3.31. The molecule has 0 spiro atoms. The normalized spacial score (nSPS) is 10.4. The summed E-state index contributed by atoms with van der Waals surface area (Å²) in [4.78, 5) is 11.6. The van der Waals surface area contributed by atoms with E-state index >= 15 is 0 Å². The third-order valence-corrected chi connectivity index (χ3v) is 4.73. The number of hydrogen-bond acceptors (Lipinski definition) is 3. The molecule has 0 aliphatic rings. The first kappa shape index (κ1) is 21.4. The number of amides is 2. The van der Waals surface area contributed by atoms with Crippen molar-refractivity contribution in [2.24, 2.45) is 0 Å². The second-order valence-electron chi connectivity index (χ2n) is 7.04. The molecule has 0 saturated heterocycles. The van der Waals surface area contributed by atoms with E-state index in [0.29, 0.717) is 6.61 Å². The van der Waals surface area contributed by atoms with E-state index in [-0.39, 0.29) is 19.2 Å². The fraction of sp³-hybridized carbons (Fsp3) is 0.240. The van der Waals surface area contributed by atoms with E-state index in [2.05, 4.69) is 28.8 Å². The van der Waals surface area contributed by atoms with Crippen LogP contribution in [0.25, 0.3) is 0 Å². The van der Waals surface area contributed by atoms with Crippen LogP contribution in [0.3, 0.4) is 0 Å². The summed E-state index contributed by atoms with van der Waals surface area (Å²) in [5.41, 5.74) is 4.33. The second kappa shape index (κ2) is 11.6. The summed E-state index contributed by atoms with van der Waals surface area (Å²) in [5.74, 6) is 0.940. The van der Waals surface area contributed by atoms with Crippen LogP contribution in [-0.2, 0) is 19.4 Å². The van der Waals surface area contributed by atoms with E-state index < -0.39 is 0 Å². The highest BCUT2D eigenvalue weighted by molar-refractivity contribution is 5.89. The molecule has 5 nitrogen and oxygen atoms in total. The largest absolute Gasteiger partial charge is 0.489 e. The number of rotatable bonds is 10. The standard InChI is InChI=1S/C25H28N2O3/c28-18-17-26-25(29)27-23-15-13-20(14-16-23)9-6-11-22-10-4-5-12-24(22)30-19-21-7-2-1-3-8-21/h1-5,7-8,10,12-16,28H,6,9,11,17-19H2,(H2,26,27,29). The highest BCUT2D eigenvalue weighted by Crippen LogP contribution is 2.22. The summed E-state index contributed by atoms with van der Waals surface area (Å²) in [5, 5.41) is 14.0. The van der Waals surface area contributed by atoms with Gasteiger partial charge < -0.3 is 20.5 Å². The zero-order chi connectivity index (χ0) is 21.0. The molecular weight excluding hydrogens is 376 g/mol. The first-order valence-electron chi connectivity index (χ1n) is 10.2. The Morgan fingerprint density at radius 2 is 1.57 bits per heavy atom. The number of nitrogens with one attached hydrogen (secondary N) is 2. The van der Waals surface area contributed by atoms with Crippen LogP contribution in [0.15, 0.2) is 78.9 Å². The molecule has 3 N–H and O–H groups in total. The maximum Gasteiger partial charge on any atom is 0.319 e. The Morgan fingerprint density at radius 3 is 2.33 bits per heavy atom. The molecule has 5 heteroatoms. The fourth-order valence-corrected chi connectivity index (χ4v) is 3.17. The molecule has 0 atom stereocenters. The van der Waals surface area contributed by atoms with Crippen molar-refractivity contribution in [3.05, 3.63) is 95.6 Å². The number of carbonyl (C=O) groups excluding carboxylic acids is 1. The van der Waals surface area contributed by atoms with E-state index in [1.54, 1.807) is 0 Å². The Kier molecular flexibility index (Phi) is 8.30. The van der Waals surface area contributed by atoms with Gasteiger partial charge in [0.25, 0.3) is 0 Å². The van der Waals surface area contributed by atoms with Crippen LogP contribution < -0.4 is 15.4 Å². The molecule has 3 aromatic carbocycles. The van der Waals surface area contributed by atoms with Gasteiger partial charge in [-0.3, -0.25) is 0 Å². The number of aliphatic hydroxyl groups is 1. The van der Waals surface area contributed by atoms with Crippen molar-refractivity contribution in [3.63, 3.8) is 0 Å². The summed E-state index contributed by atoms with van der Waals surface area (Å²) in [6, 6.07) is 25.9. The molecule has 2 amide bonds. The van der Waals surface area contributed by atoms with Crippen molar-refractivity contribution in [2.75, 3.05) is 18.5 Å². The van der Waals surface area contributed by atoms with Crippen molar-refractivity contribution in [1.29, 1.82) is 0 Å². The van der Waals surface area contributed by atoms with Gasteiger partial charge in [-0.2, -0.15) is 0 Å². The van der Waals surface area contributed by atoms with Crippen molar-refractivity contribution >= 4 is 11.7 Å². The number of para-hydroxylation sites is 1. The molecule has 3 rings (SSSR count). The van der Waals surface area contributed by atoms with Gasteiger partial charge >= 0.3 is 6.03 Å². The van der Waals surface area contributed by atoms with Crippen molar-refractivity contribution < 1.29 is 14.6 Å². The number of anilines is 1. The first-order valence-corrected chi connectivity index (χ1v) is 10.2. The molecule has 0 fully saturated rings. The summed E-state index contributed by atoms with van der Waals surface area (Å²) < 4.78 is 6.04. The number of ether oxygens (including phenoxy) is 1. The maximum atomic E-state index is 11.6. The number of urea groups is 1. The molecule has 30 heavy (non-hydrogen) atoms. The monoisotopic (exact) mass is 404 g/mol. The number of benzene rings is 3. The zero-order valence-corrected chi connectivity index (χ0v) is 17.0. The van der Waals surface area contributed by atoms with Gasteiger partial charge in [0.05, 0.1) is 6.61 Å². The minimum absolute atomic E-state index is 0.0766. The quantitative estimate of drug-likeness (QED) is 0.464. The van der Waals surface area contributed by atoms with Gasteiger partial charge in [0, 0.05) is 12.2 Å². The predicted octanol–water partition coefficient (Wildman–Crippen LogP) is 4.55. The average Bonchev–Trinajstić information content (AvgIpc) is 2.79. The van der Waals surface area contributed by atoms with E-state index in [1.165, 1.54) is 11.1 Å². The first-order chi connectivity index (χ1) is 14.7. The molecule has 0 unspecified atom stereocenters. The Labute approximate surface area is 177 Å². The van der Waals surface area contributed by atoms with Crippen LogP contribution >= 0.6 is 0 Å². The van der Waals surface area contributed by atoms with Gasteiger partial charge in [-0.25, -0.2) is 4.79 Å². The van der Waals surface area contributed by atoms with E-state index in [9.17, 15) is 4.79 Å². The van der Waals surface area contributed by atoms with Gasteiger partial charge in [0.2, 0.25) is 0 Å². The lowest BCUT2D eigenvalue weighted by Crippen LogP contribution is -2.30. The molecule has 0 aromatic heterocycles. The summed E-state index contributed by atoms with van der Waals surface area (Å²) >= 11 is 0. The van der Waals surface area contributed by atoms with E-state index in [0.717, 1.165) is 36.3 Å². The Morgan fingerprint density at radius 1 is 0.833 bits per heavy atom. The average molecular weight is 405 g/mol. The summed E-state index contributed by atoms with van der Waals surface area (Å²) in [7, 11) is 0. The third-order valence-electron chi connectivity index (χ3n) is 4.73. The summed E-state index contributed by atoms with van der Waals surface area (Å²) in [6.07, 6.45) is 2.90. The fourth-order valence-electron chi connectivity index (χ4n) is 3.17. The minimum atomic E-state index is -0.316. The minimum Gasteiger partial charge on any atom is -0.489 e. The molecule has 0 aliphatic heterocycles. The molecule has 0 bridgehead atoms. The third kappa shape index (κ3) is 6.94. The van der Waals surface area contributed by atoms with Gasteiger partial charge in [-0.05, 0) is 54.2 Å². The van der Waals surface area contributed by atoms with Crippen molar-refractivity contribution in [1.82, 2.24) is 5.32 Å². The second-order valence-corrected chi connectivity index (χ2v) is 7.04. The predicted molar refractivity (Wildman–Crippen MR) is 120 cm³/mol. The molecule has 0 aliphatic carbocycles. The number of hydrogen-bond donors (Lipinski definition) is 3. The van der Waals surface area contributed by atoms with Gasteiger partial charge in [0.1, 0.15) is 12.4 Å². The topological polar surface area (TPSA) is 70.6 Å². The highest BCUT2D eigenvalue weighted by Gasteiger charge is 2.05. The zero-order valence-electron chi connectivity index (χ0n) is 17.0. The number of aliphatic hydroxyl groups excluding tert-OH is 1. The smallest absolute Gasteiger partial charge is 0.319 e. The van der Waals surface area contributed by atoms with E-state index in [4.69, 9.17) is 9.84 Å². The number of carbonyl (C=O) groups is 1. The van der Waals surface area contributed by atoms with E-state index in [1.807, 2.05) is 60.7 Å². The van der Waals surface area contributed by atoms with Gasteiger partial charge in [0.15, 0.2) is 0 Å². The lowest BCUT2D eigenvalue weighted by Gasteiger charge is -2.12. The van der Waals surface area contributed by atoms with Gasteiger partial charge in [-0.15, -0.1) is 0 Å². The van der Waals surface area contributed by atoms with Crippen LogP contribution in [0, 0.1) is 0 Å². The lowest BCUT2D eigenvalue weighted by molar-refractivity contribution is 0.245. The molecule has 0 heterocycles. The maximum absolute atomic E-state index is 11.6. The van der Waals surface area contributed by atoms with Crippen LogP contribution in [0.2, 0.25) is 0 Å². The Bertz CT molecular complexity index is 911. The lowest BCUT2D eigenvalue weighted by atomic mass is 10.0. The van der Waals surface area contributed by atoms with Crippen molar-refractivity contribution in [3.8, 4) is 5.75 Å². The number of aryl methyl sites for hydroxylation is 2. The molecule has 0 saturated carbocycles. The summed E-state index contributed by atoms with van der Waals surface area (Å²) in [6.45, 7) is 0.728. The highest BCUT2D eigenvalue weighted by atomic mass is 16.5. The Balaban J connectivity index is 1.47. The van der Waals surface area contributed by atoms with Crippen LogP contribution in [0.5, 0.6) is 5.75 Å². The van der Waals surface area contributed by atoms with Gasteiger partial charge in [-0.1, -0.05) is 60.7 Å².